The third-order valence-electron chi connectivity index (χ3n) is 2.47. The van der Waals surface area contributed by atoms with E-state index in [-0.39, 0.29) is 12.4 Å². The normalized spacial score (nSPS) is 35.8. The van der Waals surface area contributed by atoms with Crippen molar-refractivity contribution in [2.24, 2.45) is 5.92 Å². The fraction of sp³-hybridized carbons (Fsp3) is 1.00. The number of methoxy groups -OCH3 is 2. The van der Waals surface area contributed by atoms with Gasteiger partial charge >= 0.3 is 0 Å². The summed E-state index contributed by atoms with van der Waals surface area (Å²) in [6, 6.07) is 0. The molecule has 1 saturated heterocycles. The zero-order valence-electron chi connectivity index (χ0n) is 8.08. The van der Waals surface area contributed by atoms with E-state index in [4.69, 9.17) is 14.2 Å². The highest BCUT2D eigenvalue weighted by Crippen LogP contribution is 2.29. The standard InChI is InChI=1S/C9H18O3/c1-4-7-5-9(11-3)12-8(7)6-10-2/h7-9H,4-6H2,1-3H3/t7-,8+,9?/m0/s1. The lowest BCUT2D eigenvalue weighted by Crippen LogP contribution is -2.21. The molecule has 1 unspecified atom stereocenters. The van der Waals surface area contributed by atoms with Crippen molar-refractivity contribution in [3.8, 4) is 0 Å². The zero-order valence-corrected chi connectivity index (χ0v) is 8.08. The van der Waals surface area contributed by atoms with Crippen LogP contribution in [-0.4, -0.2) is 33.2 Å². The van der Waals surface area contributed by atoms with Crippen LogP contribution in [-0.2, 0) is 14.2 Å². The van der Waals surface area contributed by atoms with Crippen LogP contribution in [0.3, 0.4) is 0 Å². The molecule has 0 saturated carbocycles. The third-order valence-corrected chi connectivity index (χ3v) is 2.47. The van der Waals surface area contributed by atoms with Gasteiger partial charge in [-0.15, -0.1) is 0 Å². The first-order valence-corrected chi connectivity index (χ1v) is 4.49. The second-order valence-corrected chi connectivity index (χ2v) is 3.20. The Hall–Kier alpha value is -0.120. The van der Waals surface area contributed by atoms with Gasteiger partial charge in [0.1, 0.15) is 0 Å². The number of hydrogen-bond acceptors (Lipinski definition) is 3. The van der Waals surface area contributed by atoms with E-state index < -0.39 is 0 Å². The maximum atomic E-state index is 5.61. The van der Waals surface area contributed by atoms with Crippen LogP contribution in [0.2, 0.25) is 0 Å². The average molecular weight is 174 g/mol. The number of hydrogen-bond donors (Lipinski definition) is 0. The van der Waals surface area contributed by atoms with Gasteiger partial charge in [0.2, 0.25) is 0 Å². The second-order valence-electron chi connectivity index (χ2n) is 3.20. The van der Waals surface area contributed by atoms with Crippen LogP contribution in [0.5, 0.6) is 0 Å². The van der Waals surface area contributed by atoms with Crippen molar-refractivity contribution in [1.29, 1.82) is 0 Å². The summed E-state index contributed by atoms with van der Waals surface area (Å²) in [6.45, 7) is 2.85. The molecule has 0 amide bonds. The van der Waals surface area contributed by atoms with Crippen LogP contribution < -0.4 is 0 Å². The van der Waals surface area contributed by atoms with E-state index in [1.807, 2.05) is 0 Å². The zero-order chi connectivity index (χ0) is 8.97. The molecule has 1 aliphatic rings. The molecule has 12 heavy (non-hydrogen) atoms. The first kappa shape index (κ1) is 9.96. The third kappa shape index (κ3) is 2.19. The van der Waals surface area contributed by atoms with Crippen molar-refractivity contribution in [1.82, 2.24) is 0 Å². The molecular formula is C9H18O3. The van der Waals surface area contributed by atoms with Crippen LogP contribution in [0.4, 0.5) is 0 Å². The molecule has 0 bridgehead atoms. The lowest BCUT2D eigenvalue weighted by atomic mass is 9.99. The highest BCUT2D eigenvalue weighted by Gasteiger charge is 2.33. The maximum Gasteiger partial charge on any atom is 0.158 e. The Morgan fingerprint density at radius 3 is 2.67 bits per heavy atom. The van der Waals surface area contributed by atoms with Crippen molar-refractivity contribution in [3.05, 3.63) is 0 Å². The Morgan fingerprint density at radius 1 is 1.42 bits per heavy atom. The molecule has 3 nitrogen and oxygen atoms in total. The molecule has 0 aliphatic carbocycles. The molecule has 1 aliphatic heterocycles. The van der Waals surface area contributed by atoms with E-state index in [1.165, 1.54) is 0 Å². The van der Waals surface area contributed by atoms with Gasteiger partial charge in [0.05, 0.1) is 12.7 Å². The minimum absolute atomic E-state index is 0.0184. The molecule has 1 heterocycles. The van der Waals surface area contributed by atoms with Gasteiger partial charge in [-0.3, -0.25) is 0 Å². The molecule has 0 spiro atoms. The fourth-order valence-corrected chi connectivity index (χ4v) is 1.68. The van der Waals surface area contributed by atoms with E-state index in [2.05, 4.69) is 6.92 Å². The first-order valence-electron chi connectivity index (χ1n) is 4.49. The summed E-state index contributed by atoms with van der Waals surface area (Å²) in [4.78, 5) is 0. The molecule has 3 atom stereocenters. The summed E-state index contributed by atoms with van der Waals surface area (Å²) in [5.41, 5.74) is 0. The first-order chi connectivity index (χ1) is 5.81. The molecule has 1 fully saturated rings. The van der Waals surface area contributed by atoms with Crippen LogP contribution in [0, 0.1) is 5.92 Å². The van der Waals surface area contributed by atoms with E-state index in [0.29, 0.717) is 12.5 Å². The molecule has 0 radical (unpaired) electrons. The van der Waals surface area contributed by atoms with Crippen LogP contribution in [0.25, 0.3) is 0 Å². The molecule has 72 valence electrons. The summed E-state index contributed by atoms with van der Waals surface area (Å²) < 4.78 is 15.8. The second kappa shape index (κ2) is 4.80. The number of rotatable bonds is 4. The monoisotopic (exact) mass is 174 g/mol. The van der Waals surface area contributed by atoms with Crippen molar-refractivity contribution < 1.29 is 14.2 Å². The molecule has 3 heteroatoms. The van der Waals surface area contributed by atoms with Crippen molar-refractivity contribution in [2.75, 3.05) is 20.8 Å². The predicted molar refractivity (Wildman–Crippen MR) is 45.9 cm³/mol. The van der Waals surface area contributed by atoms with Crippen LogP contribution in [0.1, 0.15) is 19.8 Å². The molecule has 0 N–H and O–H groups in total. The maximum absolute atomic E-state index is 5.61. The highest BCUT2D eigenvalue weighted by atomic mass is 16.7. The Balaban J connectivity index is 2.39. The lowest BCUT2D eigenvalue weighted by Gasteiger charge is -2.14. The smallest absolute Gasteiger partial charge is 0.158 e. The quantitative estimate of drug-likeness (QED) is 0.645. The van der Waals surface area contributed by atoms with Gasteiger partial charge in [-0.2, -0.15) is 0 Å². The fourth-order valence-electron chi connectivity index (χ4n) is 1.68. The molecular weight excluding hydrogens is 156 g/mol. The largest absolute Gasteiger partial charge is 0.382 e. The minimum Gasteiger partial charge on any atom is -0.382 e. The van der Waals surface area contributed by atoms with Gasteiger partial charge in [0, 0.05) is 20.6 Å². The predicted octanol–water partition coefficient (Wildman–Crippen LogP) is 1.42. The van der Waals surface area contributed by atoms with Crippen molar-refractivity contribution >= 4 is 0 Å². The molecule has 0 aromatic rings. The van der Waals surface area contributed by atoms with Crippen molar-refractivity contribution in [2.45, 2.75) is 32.2 Å². The summed E-state index contributed by atoms with van der Waals surface area (Å²) >= 11 is 0. The Labute approximate surface area is 74.0 Å². The van der Waals surface area contributed by atoms with Crippen LogP contribution >= 0.6 is 0 Å². The highest BCUT2D eigenvalue weighted by molar-refractivity contribution is 4.77. The molecule has 1 rings (SSSR count). The Bertz CT molecular complexity index is 127. The van der Waals surface area contributed by atoms with Crippen molar-refractivity contribution in [3.63, 3.8) is 0 Å². The van der Waals surface area contributed by atoms with E-state index in [1.54, 1.807) is 14.2 Å². The summed E-state index contributed by atoms with van der Waals surface area (Å²) in [7, 11) is 3.39. The van der Waals surface area contributed by atoms with Gasteiger partial charge in [0.25, 0.3) is 0 Å². The summed E-state index contributed by atoms with van der Waals surface area (Å²) in [5, 5.41) is 0. The number of ether oxygens (including phenoxy) is 3. The van der Waals surface area contributed by atoms with Gasteiger partial charge in [-0.05, 0) is 5.92 Å². The van der Waals surface area contributed by atoms with E-state index in [9.17, 15) is 0 Å². The Kier molecular flexibility index (Phi) is 3.98. The summed E-state index contributed by atoms with van der Waals surface area (Å²) in [5.74, 6) is 0.592. The average Bonchev–Trinajstić information content (AvgIpc) is 2.48. The van der Waals surface area contributed by atoms with Gasteiger partial charge in [0.15, 0.2) is 6.29 Å². The topological polar surface area (TPSA) is 27.7 Å². The SMILES string of the molecule is CC[C@H]1CC(OC)O[C@@H]1COC. The summed E-state index contributed by atoms with van der Waals surface area (Å²) in [6.07, 6.45) is 2.34. The molecule has 0 aromatic heterocycles. The minimum atomic E-state index is -0.0184. The van der Waals surface area contributed by atoms with E-state index >= 15 is 0 Å². The van der Waals surface area contributed by atoms with E-state index in [0.717, 1.165) is 12.8 Å². The van der Waals surface area contributed by atoms with Crippen LogP contribution in [0.15, 0.2) is 0 Å². The van der Waals surface area contributed by atoms with Gasteiger partial charge in [-0.25, -0.2) is 0 Å². The Morgan fingerprint density at radius 2 is 2.17 bits per heavy atom. The van der Waals surface area contributed by atoms with Gasteiger partial charge < -0.3 is 14.2 Å². The van der Waals surface area contributed by atoms with Gasteiger partial charge in [-0.1, -0.05) is 13.3 Å². The lowest BCUT2D eigenvalue weighted by molar-refractivity contribution is -0.127. The molecule has 0 aromatic carbocycles.